The Balaban J connectivity index is 1.69. The highest BCUT2D eigenvalue weighted by Gasteiger charge is 2.20. The minimum Gasteiger partial charge on any atom is -0.310 e. The Morgan fingerprint density at radius 1 is 1.33 bits per heavy atom. The maximum absolute atomic E-state index is 12.2. The number of hydrogen-bond donors (Lipinski definition) is 2. The first-order chi connectivity index (χ1) is 10.0. The molecular weight excluding hydrogens is 290 g/mol. The lowest BCUT2D eigenvalue weighted by Crippen LogP contribution is -2.17. The summed E-state index contributed by atoms with van der Waals surface area (Å²) in [5, 5.41) is 7.28. The number of anilines is 1. The van der Waals surface area contributed by atoms with Crippen LogP contribution in [-0.4, -0.2) is 29.2 Å². The molecule has 3 rings (SSSR count). The zero-order valence-electron chi connectivity index (χ0n) is 11.7. The molecule has 0 unspecified atom stereocenters. The largest absolute Gasteiger partial charge is 0.310 e. The summed E-state index contributed by atoms with van der Waals surface area (Å²) >= 11 is 0. The summed E-state index contributed by atoms with van der Waals surface area (Å²) in [6.45, 7) is 0.716. The Hall–Kier alpha value is -1.93. The summed E-state index contributed by atoms with van der Waals surface area (Å²) in [6.07, 6.45) is 7.06. The number of aryl methyl sites for hydroxylation is 1. The molecule has 1 aliphatic rings. The summed E-state index contributed by atoms with van der Waals surface area (Å²) in [6, 6.07) is 3.91. The molecule has 2 N–H and O–H groups in total. The topological polar surface area (TPSA) is 88.9 Å². The van der Waals surface area contributed by atoms with Gasteiger partial charge in [-0.25, -0.2) is 4.98 Å². The highest BCUT2D eigenvalue weighted by Crippen LogP contribution is 2.19. The lowest BCUT2D eigenvalue weighted by Gasteiger charge is -2.06. The maximum Gasteiger partial charge on any atom is 0.279 e. The summed E-state index contributed by atoms with van der Waals surface area (Å²) < 4.78 is 28.3. The Morgan fingerprint density at radius 2 is 2.14 bits per heavy atom. The van der Waals surface area contributed by atoms with Crippen LogP contribution in [0.5, 0.6) is 0 Å². The van der Waals surface area contributed by atoms with E-state index in [1.54, 1.807) is 25.5 Å². The Bertz CT molecular complexity index is 719. The molecule has 2 heterocycles. The van der Waals surface area contributed by atoms with E-state index in [1.165, 1.54) is 29.8 Å². The van der Waals surface area contributed by atoms with E-state index in [2.05, 4.69) is 20.1 Å². The molecule has 0 radical (unpaired) electrons. The van der Waals surface area contributed by atoms with Crippen molar-refractivity contribution >= 4 is 15.7 Å². The van der Waals surface area contributed by atoms with Crippen molar-refractivity contribution in [2.75, 3.05) is 4.72 Å². The van der Waals surface area contributed by atoms with Crippen LogP contribution >= 0.6 is 0 Å². The molecule has 7 nitrogen and oxygen atoms in total. The van der Waals surface area contributed by atoms with Gasteiger partial charge in [0.1, 0.15) is 0 Å². The molecule has 2 aromatic heterocycles. The van der Waals surface area contributed by atoms with Crippen LogP contribution in [0.3, 0.4) is 0 Å². The molecule has 1 fully saturated rings. The summed E-state index contributed by atoms with van der Waals surface area (Å²) in [7, 11) is -1.95. The highest BCUT2D eigenvalue weighted by molar-refractivity contribution is 7.92. The summed E-state index contributed by atoms with van der Waals surface area (Å²) in [4.78, 5) is 4.03. The fourth-order valence-corrected chi connectivity index (χ4v) is 2.86. The van der Waals surface area contributed by atoms with Gasteiger partial charge in [-0.15, -0.1) is 0 Å². The molecule has 0 atom stereocenters. The van der Waals surface area contributed by atoms with Gasteiger partial charge in [0.25, 0.3) is 10.0 Å². The van der Waals surface area contributed by atoms with Crippen LogP contribution in [-0.2, 0) is 23.6 Å². The first-order valence-electron chi connectivity index (χ1n) is 6.73. The van der Waals surface area contributed by atoms with E-state index in [9.17, 15) is 8.42 Å². The first kappa shape index (κ1) is 14.0. The number of pyridine rings is 1. The average molecular weight is 307 g/mol. The van der Waals surface area contributed by atoms with E-state index >= 15 is 0 Å². The molecule has 8 heteroatoms. The predicted octanol–water partition coefficient (Wildman–Crippen LogP) is 0.868. The second kappa shape index (κ2) is 5.45. The van der Waals surface area contributed by atoms with Gasteiger partial charge in [-0.2, -0.15) is 13.5 Å². The molecule has 112 valence electrons. The van der Waals surface area contributed by atoms with Crippen LogP contribution in [0.1, 0.15) is 18.4 Å². The number of rotatable bonds is 6. The molecule has 0 amide bonds. The third-order valence-corrected chi connectivity index (χ3v) is 4.50. The second-order valence-corrected chi connectivity index (χ2v) is 6.80. The normalized spacial score (nSPS) is 15.1. The van der Waals surface area contributed by atoms with Gasteiger partial charge < -0.3 is 5.32 Å². The van der Waals surface area contributed by atoms with Gasteiger partial charge in [-0.05, 0) is 24.5 Å². The van der Waals surface area contributed by atoms with E-state index in [1.807, 2.05) is 0 Å². The number of nitrogens with one attached hydrogen (secondary N) is 2. The molecule has 1 aliphatic carbocycles. The number of aromatic nitrogens is 3. The molecule has 21 heavy (non-hydrogen) atoms. The molecular formula is C13H17N5O2S. The van der Waals surface area contributed by atoms with Crippen molar-refractivity contribution in [1.29, 1.82) is 0 Å². The molecule has 0 saturated heterocycles. The van der Waals surface area contributed by atoms with Crippen LogP contribution < -0.4 is 10.0 Å². The number of sulfonamides is 1. The lowest BCUT2D eigenvalue weighted by atomic mass is 10.3. The van der Waals surface area contributed by atoms with Crippen LogP contribution in [0.2, 0.25) is 0 Å². The van der Waals surface area contributed by atoms with Crippen molar-refractivity contribution < 1.29 is 8.42 Å². The van der Waals surface area contributed by atoms with Crippen molar-refractivity contribution in [3.63, 3.8) is 0 Å². The molecule has 2 aromatic rings. The third-order valence-electron chi connectivity index (χ3n) is 3.20. The van der Waals surface area contributed by atoms with Gasteiger partial charge in [0.2, 0.25) is 0 Å². The maximum atomic E-state index is 12.2. The van der Waals surface area contributed by atoms with Gasteiger partial charge in [-0.1, -0.05) is 6.07 Å². The smallest absolute Gasteiger partial charge is 0.279 e. The van der Waals surface area contributed by atoms with Gasteiger partial charge in [0, 0.05) is 32.0 Å². The molecule has 0 bridgehead atoms. The van der Waals surface area contributed by atoms with Crippen molar-refractivity contribution in [2.24, 2.45) is 7.05 Å². The van der Waals surface area contributed by atoms with Gasteiger partial charge in [0.05, 0.1) is 11.9 Å². The predicted molar refractivity (Wildman–Crippen MR) is 78.1 cm³/mol. The monoisotopic (exact) mass is 307 g/mol. The quantitative estimate of drug-likeness (QED) is 0.826. The summed E-state index contributed by atoms with van der Waals surface area (Å²) in [5.41, 5.74) is 1.39. The van der Waals surface area contributed by atoms with E-state index in [4.69, 9.17) is 0 Å². The standard InChI is InChI=1S/C13H17N5O2S/c1-18-9-12(8-16-18)17-21(19,20)13-5-2-10(7-15-13)6-14-11-3-4-11/h2,5,7-9,11,14,17H,3-4,6H2,1H3. The minimum atomic E-state index is -3.67. The van der Waals surface area contributed by atoms with Crippen molar-refractivity contribution in [3.8, 4) is 0 Å². The first-order valence-corrected chi connectivity index (χ1v) is 8.21. The van der Waals surface area contributed by atoms with Gasteiger partial charge in [-0.3, -0.25) is 9.40 Å². The fraction of sp³-hybridized carbons (Fsp3) is 0.385. The molecule has 0 spiro atoms. The van der Waals surface area contributed by atoms with E-state index in [0.29, 0.717) is 18.3 Å². The van der Waals surface area contributed by atoms with Crippen molar-refractivity contribution in [3.05, 3.63) is 36.3 Å². The number of hydrogen-bond acceptors (Lipinski definition) is 5. The third kappa shape index (κ3) is 3.59. The minimum absolute atomic E-state index is 0.00141. The SMILES string of the molecule is Cn1cc(NS(=O)(=O)c2ccc(CNC3CC3)cn2)cn1. The van der Waals surface area contributed by atoms with E-state index in [-0.39, 0.29) is 5.03 Å². The van der Waals surface area contributed by atoms with E-state index in [0.717, 1.165) is 5.56 Å². The zero-order chi connectivity index (χ0) is 14.9. The Kier molecular flexibility index (Phi) is 3.64. The molecule has 0 aliphatic heterocycles. The van der Waals surface area contributed by atoms with Gasteiger partial charge >= 0.3 is 0 Å². The Labute approximate surface area is 123 Å². The van der Waals surface area contributed by atoms with E-state index < -0.39 is 10.0 Å². The van der Waals surface area contributed by atoms with Crippen LogP contribution in [0.25, 0.3) is 0 Å². The lowest BCUT2D eigenvalue weighted by molar-refractivity contribution is 0.597. The second-order valence-electron chi connectivity index (χ2n) is 5.17. The zero-order valence-corrected chi connectivity index (χ0v) is 12.5. The van der Waals surface area contributed by atoms with Crippen LogP contribution in [0.4, 0.5) is 5.69 Å². The van der Waals surface area contributed by atoms with Crippen LogP contribution in [0.15, 0.2) is 35.7 Å². The highest BCUT2D eigenvalue weighted by atomic mass is 32.2. The number of nitrogens with zero attached hydrogens (tertiary/aromatic N) is 3. The average Bonchev–Trinajstić information content (AvgIpc) is 3.20. The van der Waals surface area contributed by atoms with Gasteiger partial charge in [0.15, 0.2) is 5.03 Å². The van der Waals surface area contributed by atoms with Crippen molar-refractivity contribution in [2.45, 2.75) is 30.5 Å². The fourth-order valence-electron chi connectivity index (χ4n) is 1.91. The Morgan fingerprint density at radius 3 is 2.71 bits per heavy atom. The molecule has 1 saturated carbocycles. The van der Waals surface area contributed by atoms with Crippen LogP contribution in [0, 0.1) is 0 Å². The summed E-state index contributed by atoms with van der Waals surface area (Å²) in [5.74, 6) is 0. The van der Waals surface area contributed by atoms with Crippen molar-refractivity contribution in [1.82, 2.24) is 20.1 Å². The molecule has 0 aromatic carbocycles.